The first-order valence-corrected chi connectivity index (χ1v) is 15.3. The van der Waals surface area contributed by atoms with E-state index in [1.165, 1.54) is 38.4 Å². The molecular formula is C29H32ClFN4O6S. The second-order valence-corrected chi connectivity index (χ2v) is 12.6. The molecule has 3 aromatic rings. The van der Waals surface area contributed by atoms with Crippen molar-refractivity contribution in [3.8, 4) is 16.9 Å². The average molecular weight is 619 g/mol. The number of ether oxygens (including phenoxy) is 2. The van der Waals surface area contributed by atoms with E-state index < -0.39 is 40.4 Å². The van der Waals surface area contributed by atoms with Crippen LogP contribution in [0.25, 0.3) is 11.1 Å². The first-order valence-electron chi connectivity index (χ1n) is 13.5. The van der Waals surface area contributed by atoms with E-state index >= 15 is 0 Å². The van der Waals surface area contributed by atoms with Gasteiger partial charge in [0.1, 0.15) is 23.4 Å². The van der Waals surface area contributed by atoms with E-state index in [-0.39, 0.29) is 28.8 Å². The summed E-state index contributed by atoms with van der Waals surface area (Å²) in [5.41, 5.74) is 2.05. The van der Waals surface area contributed by atoms with Crippen LogP contribution in [-0.4, -0.2) is 67.7 Å². The average Bonchev–Trinajstić information content (AvgIpc) is 3.25. The minimum Gasteiger partial charge on any atom is -0.497 e. The molecule has 2 unspecified atom stereocenters. The topological polar surface area (TPSA) is 130 Å². The van der Waals surface area contributed by atoms with Gasteiger partial charge in [-0.05, 0) is 60.7 Å². The van der Waals surface area contributed by atoms with Crippen molar-refractivity contribution in [3.63, 3.8) is 0 Å². The summed E-state index contributed by atoms with van der Waals surface area (Å²) in [5.74, 6) is -0.389. The molecule has 3 N–H and O–H groups in total. The molecule has 2 atom stereocenters. The molecule has 10 nitrogen and oxygen atoms in total. The van der Waals surface area contributed by atoms with E-state index in [0.29, 0.717) is 40.7 Å². The number of fused-ring (bicyclic) bond motifs is 1. The molecule has 1 amide bonds. The van der Waals surface area contributed by atoms with Crippen LogP contribution >= 0.6 is 11.6 Å². The molecule has 0 radical (unpaired) electrons. The number of carbonyl (C=O) groups excluding carboxylic acids is 1. The highest BCUT2D eigenvalue weighted by Crippen LogP contribution is 2.37. The van der Waals surface area contributed by atoms with E-state index in [0.717, 1.165) is 17.1 Å². The van der Waals surface area contributed by atoms with Crippen LogP contribution in [0.1, 0.15) is 36.9 Å². The number of amides is 1. The van der Waals surface area contributed by atoms with Crippen LogP contribution in [0.5, 0.6) is 5.75 Å². The number of benzene rings is 2. The zero-order valence-corrected chi connectivity index (χ0v) is 24.7. The number of nitrogens with one attached hydrogen (secondary N) is 2. The molecule has 0 bridgehead atoms. The highest BCUT2D eigenvalue weighted by atomic mass is 35.5. The van der Waals surface area contributed by atoms with E-state index in [1.54, 1.807) is 24.3 Å². The molecule has 2 aromatic carbocycles. The maximum Gasteiger partial charge on any atom is 0.244 e. The zero-order valence-electron chi connectivity index (χ0n) is 23.1. The Morgan fingerprint density at radius 3 is 2.71 bits per heavy atom. The van der Waals surface area contributed by atoms with Crippen molar-refractivity contribution >= 4 is 33.3 Å². The van der Waals surface area contributed by atoms with Gasteiger partial charge in [-0.3, -0.25) is 4.79 Å². The second-order valence-electron chi connectivity index (χ2n) is 10.3. The Morgan fingerprint density at radius 1 is 1.24 bits per heavy atom. The molecule has 13 heteroatoms. The lowest BCUT2D eigenvalue weighted by Crippen LogP contribution is -2.46. The number of hydrogen-bond donors (Lipinski definition) is 3. The third kappa shape index (κ3) is 6.23. The standard InChI is InChI=1S/C29H32ClFN4O6S/c1-17(29(37)34-26(16-36)20-9-21(31)12-23(10-20)40-2)35-15-19-4-3-18(11-27(19)42(35,38)39)24-13-28(32-14-25(24)30)33-22-5-7-41-8-6-22/h3-4,9-14,17,22,26,36H,5-8,15-16H2,1-2H3,(H,32,33)(H,34,37). The Morgan fingerprint density at radius 2 is 2.00 bits per heavy atom. The lowest BCUT2D eigenvalue weighted by molar-refractivity contribution is -0.125. The van der Waals surface area contributed by atoms with Crippen LogP contribution in [0, 0.1) is 5.82 Å². The monoisotopic (exact) mass is 618 g/mol. The number of pyridine rings is 1. The van der Waals surface area contributed by atoms with E-state index in [1.807, 2.05) is 0 Å². The van der Waals surface area contributed by atoms with E-state index in [2.05, 4.69) is 15.6 Å². The lowest BCUT2D eigenvalue weighted by Gasteiger charge is -2.25. The summed E-state index contributed by atoms with van der Waals surface area (Å²) in [5, 5.41) is 16.3. The molecule has 5 rings (SSSR count). The number of hydrogen-bond acceptors (Lipinski definition) is 8. The molecule has 1 fully saturated rings. The van der Waals surface area contributed by atoms with Crippen LogP contribution in [0.3, 0.4) is 0 Å². The maximum atomic E-state index is 14.0. The fourth-order valence-electron chi connectivity index (χ4n) is 5.17. The number of sulfonamides is 1. The van der Waals surface area contributed by atoms with Gasteiger partial charge in [0, 0.05) is 43.6 Å². The Labute approximate surface area is 248 Å². The fraction of sp³-hybridized carbons (Fsp3) is 0.379. The first kappa shape index (κ1) is 30.2. The molecule has 2 aliphatic rings. The lowest BCUT2D eigenvalue weighted by atomic mass is 10.0. The third-order valence-electron chi connectivity index (χ3n) is 7.56. The van der Waals surface area contributed by atoms with Gasteiger partial charge in [-0.25, -0.2) is 17.8 Å². The largest absolute Gasteiger partial charge is 0.497 e. The molecule has 1 saturated heterocycles. The number of rotatable bonds is 9. The van der Waals surface area contributed by atoms with Crippen molar-refractivity contribution < 1.29 is 32.2 Å². The van der Waals surface area contributed by atoms with Gasteiger partial charge < -0.3 is 25.2 Å². The minimum atomic E-state index is -4.05. The van der Waals surface area contributed by atoms with Crippen LogP contribution in [0.4, 0.5) is 10.2 Å². The molecule has 0 spiro atoms. The van der Waals surface area contributed by atoms with Gasteiger partial charge in [0.2, 0.25) is 15.9 Å². The third-order valence-corrected chi connectivity index (χ3v) is 9.86. The number of halogens is 2. The molecule has 1 aromatic heterocycles. The summed E-state index contributed by atoms with van der Waals surface area (Å²) in [6.07, 6.45) is 3.24. The number of carbonyl (C=O) groups is 1. The predicted molar refractivity (Wildman–Crippen MR) is 155 cm³/mol. The quantitative estimate of drug-likeness (QED) is 0.329. The second kappa shape index (κ2) is 12.5. The first-order chi connectivity index (χ1) is 20.1. The predicted octanol–water partition coefficient (Wildman–Crippen LogP) is 3.88. The maximum absolute atomic E-state index is 14.0. The van der Waals surface area contributed by atoms with E-state index in [4.69, 9.17) is 21.1 Å². The summed E-state index contributed by atoms with van der Waals surface area (Å²) in [7, 11) is -2.67. The van der Waals surface area contributed by atoms with Crippen LogP contribution in [0.2, 0.25) is 5.02 Å². The Bertz CT molecular complexity index is 1580. The van der Waals surface area contributed by atoms with Gasteiger partial charge in [0.15, 0.2) is 0 Å². The SMILES string of the molecule is COc1cc(F)cc(C(CO)NC(=O)C(C)N2Cc3ccc(-c4cc(NC5CCOCC5)ncc4Cl)cc3S2(=O)=O)c1. The zero-order chi connectivity index (χ0) is 30.0. The summed E-state index contributed by atoms with van der Waals surface area (Å²) in [4.78, 5) is 17.7. The Hall–Kier alpha value is -3.29. The smallest absolute Gasteiger partial charge is 0.244 e. The van der Waals surface area contributed by atoms with Crippen molar-refractivity contribution in [2.75, 3.05) is 32.2 Å². The van der Waals surface area contributed by atoms with Gasteiger partial charge in [0.25, 0.3) is 0 Å². The number of aliphatic hydroxyl groups is 1. The van der Waals surface area contributed by atoms with Crippen LogP contribution in [-0.2, 0) is 26.1 Å². The summed E-state index contributed by atoms with van der Waals surface area (Å²) < 4.78 is 52.9. The van der Waals surface area contributed by atoms with Gasteiger partial charge in [0.05, 0.1) is 29.7 Å². The molecule has 2 aliphatic heterocycles. The molecule has 3 heterocycles. The van der Waals surface area contributed by atoms with Crippen molar-refractivity contribution in [3.05, 3.63) is 70.6 Å². The Balaban J connectivity index is 1.35. The minimum absolute atomic E-state index is 0.00918. The Kier molecular flexibility index (Phi) is 9.00. The van der Waals surface area contributed by atoms with Crippen molar-refractivity contribution in [2.24, 2.45) is 0 Å². The molecule has 42 heavy (non-hydrogen) atoms. The molecule has 0 aliphatic carbocycles. The number of nitrogens with zero attached hydrogens (tertiary/aromatic N) is 2. The molecule has 224 valence electrons. The van der Waals surface area contributed by atoms with Gasteiger partial charge in [-0.15, -0.1) is 0 Å². The van der Waals surface area contributed by atoms with Crippen molar-refractivity contribution in [1.29, 1.82) is 0 Å². The normalized spacial score (nSPS) is 18.2. The molecule has 0 saturated carbocycles. The van der Waals surface area contributed by atoms with Crippen molar-refractivity contribution in [2.45, 2.75) is 49.3 Å². The molecular weight excluding hydrogens is 587 g/mol. The van der Waals surface area contributed by atoms with E-state index in [9.17, 15) is 22.7 Å². The van der Waals surface area contributed by atoms with Crippen molar-refractivity contribution in [1.82, 2.24) is 14.6 Å². The number of methoxy groups -OCH3 is 1. The number of aliphatic hydroxyl groups excluding tert-OH is 1. The van der Waals surface area contributed by atoms with Crippen LogP contribution in [0.15, 0.2) is 53.6 Å². The number of aromatic nitrogens is 1. The van der Waals surface area contributed by atoms with Gasteiger partial charge in [-0.1, -0.05) is 23.7 Å². The van der Waals surface area contributed by atoms with Gasteiger partial charge >= 0.3 is 0 Å². The van der Waals surface area contributed by atoms with Crippen LogP contribution < -0.4 is 15.4 Å². The fourth-order valence-corrected chi connectivity index (χ4v) is 7.19. The number of anilines is 1. The summed E-state index contributed by atoms with van der Waals surface area (Å²) >= 11 is 6.48. The highest BCUT2D eigenvalue weighted by molar-refractivity contribution is 7.89. The van der Waals surface area contributed by atoms with Gasteiger partial charge in [-0.2, -0.15) is 4.31 Å². The summed E-state index contributed by atoms with van der Waals surface area (Å²) in [6, 6.07) is 8.84. The highest BCUT2D eigenvalue weighted by Gasteiger charge is 2.40. The summed E-state index contributed by atoms with van der Waals surface area (Å²) in [6.45, 7) is 2.28.